The number of nitrogens with one attached hydrogen (secondary N) is 1. The molecule has 0 fully saturated rings. The number of ether oxygens (including phenoxy) is 2. The molecule has 0 heterocycles. The molecule has 0 radical (unpaired) electrons. The van der Waals surface area contributed by atoms with Crippen LogP contribution in [-0.4, -0.2) is 47.4 Å². The van der Waals surface area contributed by atoms with Gasteiger partial charge in [-0.25, -0.2) is 8.42 Å². The average molecular weight is 457 g/mol. The van der Waals surface area contributed by atoms with Crippen molar-refractivity contribution >= 4 is 37.5 Å². The van der Waals surface area contributed by atoms with E-state index in [0.29, 0.717) is 17.2 Å². The van der Waals surface area contributed by atoms with Gasteiger partial charge in [0.1, 0.15) is 24.7 Å². The van der Waals surface area contributed by atoms with Crippen LogP contribution >= 0.6 is 15.9 Å². The Bertz CT molecular complexity index is 872. The first kappa shape index (κ1) is 21.0. The zero-order chi connectivity index (χ0) is 19.9. The van der Waals surface area contributed by atoms with Gasteiger partial charge in [0.25, 0.3) is 0 Å². The molecule has 0 atom stereocenters. The van der Waals surface area contributed by atoms with Crippen LogP contribution in [0.3, 0.4) is 0 Å². The number of hydrogen-bond donors (Lipinski definition) is 1. The van der Waals surface area contributed by atoms with E-state index in [1.165, 1.54) is 0 Å². The summed E-state index contributed by atoms with van der Waals surface area (Å²) in [5.74, 6) is 0.878. The van der Waals surface area contributed by atoms with Crippen LogP contribution < -0.4 is 19.1 Å². The lowest BCUT2D eigenvalue weighted by Crippen LogP contribution is -2.41. The minimum atomic E-state index is -3.60. The minimum absolute atomic E-state index is 0.244. The maximum absolute atomic E-state index is 12.2. The summed E-state index contributed by atoms with van der Waals surface area (Å²) in [5.41, 5.74) is 0.420. The minimum Gasteiger partial charge on any atom is -0.497 e. The van der Waals surface area contributed by atoms with Crippen LogP contribution in [0.25, 0.3) is 0 Å². The lowest BCUT2D eigenvalue weighted by molar-refractivity contribution is -0.119. The van der Waals surface area contributed by atoms with Gasteiger partial charge in [-0.15, -0.1) is 0 Å². The quantitative estimate of drug-likeness (QED) is 0.585. The highest BCUT2D eigenvalue weighted by atomic mass is 79.9. The molecule has 7 nitrogen and oxygen atoms in total. The molecule has 0 aliphatic rings. The number of nitrogens with zero attached hydrogens (tertiary/aromatic N) is 1. The van der Waals surface area contributed by atoms with Crippen LogP contribution in [0.4, 0.5) is 5.69 Å². The molecule has 0 aliphatic heterocycles. The van der Waals surface area contributed by atoms with Gasteiger partial charge in [0.05, 0.1) is 25.6 Å². The highest BCUT2D eigenvalue weighted by Gasteiger charge is 2.20. The van der Waals surface area contributed by atoms with Crippen molar-refractivity contribution in [1.29, 1.82) is 0 Å². The third kappa shape index (κ3) is 6.76. The fourth-order valence-electron chi connectivity index (χ4n) is 2.24. The summed E-state index contributed by atoms with van der Waals surface area (Å²) in [6.45, 7) is 0.184. The summed E-state index contributed by atoms with van der Waals surface area (Å²) >= 11 is 3.30. The Kier molecular flexibility index (Phi) is 7.49. The summed E-state index contributed by atoms with van der Waals surface area (Å²) in [6, 6.07) is 13.8. The van der Waals surface area contributed by atoms with Gasteiger partial charge < -0.3 is 14.8 Å². The third-order valence-corrected chi connectivity index (χ3v) is 5.21. The van der Waals surface area contributed by atoms with Crippen molar-refractivity contribution in [3.05, 3.63) is 53.0 Å². The SMILES string of the molecule is COc1cccc(OCCNC(=O)CN(c2ccc(Br)cc2)S(C)(=O)=O)c1. The molecule has 0 aliphatic carbocycles. The number of carbonyl (C=O) groups is 1. The number of hydrogen-bond acceptors (Lipinski definition) is 5. The van der Waals surface area contributed by atoms with Crippen molar-refractivity contribution in [2.75, 3.05) is 37.4 Å². The molecule has 2 aromatic rings. The molecule has 1 amide bonds. The Morgan fingerprint density at radius 1 is 1.15 bits per heavy atom. The van der Waals surface area contributed by atoms with Crippen molar-refractivity contribution < 1.29 is 22.7 Å². The number of sulfonamides is 1. The number of anilines is 1. The summed E-state index contributed by atoms with van der Waals surface area (Å²) < 4.78 is 36.6. The number of benzene rings is 2. The lowest BCUT2D eigenvalue weighted by Gasteiger charge is -2.22. The van der Waals surface area contributed by atoms with Crippen molar-refractivity contribution in [3.8, 4) is 11.5 Å². The molecule has 0 saturated carbocycles. The number of halogens is 1. The molecule has 0 aromatic heterocycles. The standard InChI is InChI=1S/C18H21BrN2O5S/c1-25-16-4-3-5-17(12-16)26-11-10-20-18(22)13-21(27(2,23)24)15-8-6-14(19)7-9-15/h3-9,12H,10-11,13H2,1-2H3,(H,20,22). The largest absolute Gasteiger partial charge is 0.497 e. The molecule has 0 spiro atoms. The van der Waals surface area contributed by atoms with Gasteiger partial charge in [-0.3, -0.25) is 9.10 Å². The topological polar surface area (TPSA) is 84.9 Å². The molecule has 1 N–H and O–H groups in total. The molecule has 146 valence electrons. The van der Waals surface area contributed by atoms with Gasteiger partial charge in [-0.1, -0.05) is 22.0 Å². The van der Waals surface area contributed by atoms with Gasteiger partial charge >= 0.3 is 0 Å². The average Bonchev–Trinajstić information content (AvgIpc) is 2.63. The van der Waals surface area contributed by atoms with E-state index in [0.717, 1.165) is 15.0 Å². The zero-order valence-corrected chi connectivity index (χ0v) is 17.4. The normalized spacial score (nSPS) is 10.9. The fourth-order valence-corrected chi connectivity index (χ4v) is 3.36. The third-order valence-electron chi connectivity index (χ3n) is 3.54. The lowest BCUT2D eigenvalue weighted by atomic mass is 10.3. The summed E-state index contributed by atoms with van der Waals surface area (Å²) in [7, 11) is -2.03. The van der Waals surface area contributed by atoms with E-state index >= 15 is 0 Å². The van der Waals surface area contributed by atoms with E-state index in [4.69, 9.17) is 9.47 Å². The van der Waals surface area contributed by atoms with Crippen LogP contribution in [0.5, 0.6) is 11.5 Å². The highest BCUT2D eigenvalue weighted by molar-refractivity contribution is 9.10. The van der Waals surface area contributed by atoms with Crippen LogP contribution in [0.15, 0.2) is 53.0 Å². The van der Waals surface area contributed by atoms with Gasteiger partial charge in [-0.2, -0.15) is 0 Å². The molecule has 27 heavy (non-hydrogen) atoms. The smallest absolute Gasteiger partial charge is 0.240 e. The van der Waals surface area contributed by atoms with Crippen molar-refractivity contribution in [2.24, 2.45) is 0 Å². The van der Waals surface area contributed by atoms with E-state index < -0.39 is 15.9 Å². The summed E-state index contributed by atoms with van der Waals surface area (Å²) in [5, 5.41) is 2.65. The molecular formula is C18H21BrN2O5S. The molecule has 2 aromatic carbocycles. The van der Waals surface area contributed by atoms with E-state index in [1.54, 1.807) is 55.6 Å². The monoisotopic (exact) mass is 456 g/mol. The second-order valence-electron chi connectivity index (χ2n) is 5.62. The molecule has 0 unspecified atom stereocenters. The second-order valence-corrected chi connectivity index (χ2v) is 8.45. The summed E-state index contributed by atoms with van der Waals surface area (Å²) in [4.78, 5) is 12.2. The van der Waals surface area contributed by atoms with Gasteiger partial charge in [0, 0.05) is 10.5 Å². The van der Waals surface area contributed by atoms with Crippen molar-refractivity contribution in [3.63, 3.8) is 0 Å². The molecule has 0 bridgehead atoms. The predicted octanol–water partition coefficient (Wildman–Crippen LogP) is 2.42. The van der Waals surface area contributed by atoms with Crippen LogP contribution in [0.2, 0.25) is 0 Å². The highest BCUT2D eigenvalue weighted by Crippen LogP contribution is 2.20. The van der Waals surface area contributed by atoms with E-state index in [2.05, 4.69) is 21.2 Å². The maximum atomic E-state index is 12.2. The van der Waals surface area contributed by atoms with Gasteiger partial charge in [0.15, 0.2) is 0 Å². The van der Waals surface area contributed by atoms with Crippen molar-refractivity contribution in [2.45, 2.75) is 0 Å². The first-order chi connectivity index (χ1) is 12.8. The van der Waals surface area contributed by atoms with Gasteiger partial charge in [-0.05, 0) is 36.4 Å². The first-order valence-electron chi connectivity index (χ1n) is 8.06. The number of carbonyl (C=O) groups excluding carboxylic acids is 1. The van der Waals surface area contributed by atoms with Crippen LogP contribution in [0.1, 0.15) is 0 Å². The number of rotatable bonds is 9. The zero-order valence-electron chi connectivity index (χ0n) is 15.0. The Labute approximate surface area is 167 Å². The Balaban J connectivity index is 1.87. The number of amides is 1. The Morgan fingerprint density at radius 2 is 1.81 bits per heavy atom. The van der Waals surface area contributed by atoms with Crippen molar-refractivity contribution in [1.82, 2.24) is 5.32 Å². The van der Waals surface area contributed by atoms with E-state index in [9.17, 15) is 13.2 Å². The van der Waals surface area contributed by atoms with Crippen LogP contribution in [-0.2, 0) is 14.8 Å². The summed E-state index contributed by atoms with van der Waals surface area (Å²) in [6.07, 6.45) is 1.06. The van der Waals surface area contributed by atoms with Crippen LogP contribution in [0, 0.1) is 0 Å². The molecule has 2 rings (SSSR count). The fraction of sp³-hybridized carbons (Fsp3) is 0.278. The maximum Gasteiger partial charge on any atom is 0.240 e. The molecule has 0 saturated heterocycles. The van der Waals surface area contributed by atoms with E-state index in [1.807, 2.05) is 0 Å². The Morgan fingerprint density at radius 3 is 2.44 bits per heavy atom. The predicted molar refractivity (Wildman–Crippen MR) is 108 cm³/mol. The molecule has 9 heteroatoms. The van der Waals surface area contributed by atoms with E-state index in [-0.39, 0.29) is 19.7 Å². The second kappa shape index (κ2) is 9.61. The molecular weight excluding hydrogens is 436 g/mol. The van der Waals surface area contributed by atoms with Gasteiger partial charge in [0.2, 0.25) is 15.9 Å². The Hall–Kier alpha value is -2.26. The first-order valence-corrected chi connectivity index (χ1v) is 10.7. The number of methoxy groups -OCH3 is 1.